The number of aromatic nitrogens is 2. The molecule has 1 saturated heterocycles. The number of fused-ring (bicyclic) bond motifs is 1. The van der Waals surface area contributed by atoms with Crippen molar-refractivity contribution in [1.29, 1.82) is 0 Å². The summed E-state index contributed by atoms with van der Waals surface area (Å²) in [6, 6.07) is 15.9. The number of carboxylic acids is 1. The van der Waals surface area contributed by atoms with Crippen molar-refractivity contribution in [3.63, 3.8) is 0 Å². The fraction of sp³-hybridized carbons (Fsp3) is 0.364. The van der Waals surface area contributed by atoms with Crippen molar-refractivity contribution in [2.75, 3.05) is 13.1 Å². The number of nitrogens with zero attached hydrogens (tertiary/aromatic N) is 3. The molecule has 0 amide bonds. The highest BCUT2D eigenvalue weighted by molar-refractivity contribution is 5.92. The fourth-order valence-electron chi connectivity index (χ4n) is 4.25. The van der Waals surface area contributed by atoms with E-state index in [0.717, 1.165) is 49.5 Å². The molecule has 5 nitrogen and oxygen atoms in total. The quantitative estimate of drug-likeness (QED) is 0.746. The molecule has 3 aromatic rings. The third kappa shape index (κ3) is 3.23. The van der Waals surface area contributed by atoms with E-state index in [9.17, 15) is 9.90 Å². The topological polar surface area (TPSA) is 58.4 Å². The molecule has 2 aromatic carbocycles. The van der Waals surface area contributed by atoms with Gasteiger partial charge in [0.05, 0.1) is 23.1 Å². The molecular formula is C22H25N3O2. The van der Waals surface area contributed by atoms with Gasteiger partial charge in [0.1, 0.15) is 5.82 Å². The molecule has 0 saturated carbocycles. The van der Waals surface area contributed by atoms with Crippen molar-refractivity contribution < 1.29 is 9.90 Å². The SMILES string of the molecule is CCn1c(CN2CCC(C)(c3ccccc3)C2)nc2cc(C(=O)O)ccc21. The van der Waals surface area contributed by atoms with Gasteiger partial charge in [-0.2, -0.15) is 0 Å². The molecule has 1 unspecified atom stereocenters. The number of hydrogen-bond donors (Lipinski definition) is 1. The van der Waals surface area contributed by atoms with Gasteiger partial charge in [-0.15, -0.1) is 0 Å². The largest absolute Gasteiger partial charge is 0.478 e. The Bertz CT molecular complexity index is 980. The summed E-state index contributed by atoms with van der Waals surface area (Å²) < 4.78 is 2.19. The summed E-state index contributed by atoms with van der Waals surface area (Å²) >= 11 is 0. The number of benzene rings is 2. The lowest BCUT2D eigenvalue weighted by atomic mass is 9.82. The highest BCUT2D eigenvalue weighted by Gasteiger charge is 2.35. The summed E-state index contributed by atoms with van der Waals surface area (Å²) in [7, 11) is 0. The summed E-state index contributed by atoms with van der Waals surface area (Å²) in [5.41, 5.74) is 3.61. The van der Waals surface area contributed by atoms with Crippen molar-refractivity contribution in [2.24, 2.45) is 0 Å². The predicted octanol–water partition coefficient (Wildman–Crippen LogP) is 3.92. The van der Waals surface area contributed by atoms with Crippen LogP contribution >= 0.6 is 0 Å². The summed E-state index contributed by atoms with van der Waals surface area (Å²) in [6.07, 6.45) is 1.13. The van der Waals surface area contributed by atoms with Crippen LogP contribution in [0.5, 0.6) is 0 Å². The number of rotatable bonds is 5. The van der Waals surface area contributed by atoms with E-state index in [0.29, 0.717) is 0 Å². The highest BCUT2D eigenvalue weighted by atomic mass is 16.4. The summed E-state index contributed by atoms with van der Waals surface area (Å²) in [5.74, 6) is 0.0926. The molecule has 1 aromatic heterocycles. The first-order valence-electron chi connectivity index (χ1n) is 9.50. The van der Waals surface area contributed by atoms with E-state index in [-0.39, 0.29) is 11.0 Å². The van der Waals surface area contributed by atoms with Crippen molar-refractivity contribution >= 4 is 17.0 Å². The van der Waals surface area contributed by atoms with Gasteiger partial charge in [0.2, 0.25) is 0 Å². The Balaban J connectivity index is 1.59. The van der Waals surface area contributed by atoms with Crippen molar-refractivity contribution in [1.82, 2.24) is 14.5 Å². The Hall–Kier alpha value is -2.66. The number of aromatic carboxylic acids is 1. The van der Waals surface area contributed by atoms with Gasteiger partial charge in [-0.25, -0.2) is 9.78 Å². The van der Waals surface area contributed by atoms with Crippen molar-refractivity contribution in [2.45, 2.75) is 38.8 Å². The summed E-state index contributed by atoms with van der Waals surface area (Å²) in [6.45, 7) is 8.09. The number of aryl methyl sites for hydroxylation is 1. The Kier molecular flexibility index (Phi) is 4.48. The van der Waals surface area contributed by atoms with E-state index in [1.807, 2.05) is 6.07 Å². The molecule has 1 atom stereocenters. The van der Waals surface area contributed by atoms with Crippen LogP contribution in [0.2, 0.25) is 0 Å². The average molecular weight is 363 g/mol. The lowest BCUT2D eigenvalue weighted by molar-refractivity contribution is 0.0697. The molecule has 27 heavy (non-hydrogen) atoms. The van der Waals surface area contributed by atoms with Crippen LogP contribution in [0.15, 0.2) is 48.5 Å². The van der Waals surface area contributed by atoms with E-state index in [2.05, 4.69) is 53.6 Å². The first-order valence-corrected chi connectivity index (χ1v) is 9.50. The molecule has 1 aliphatic rings. The minimum Gasteiger partial charge on any atom is -0.478 e. The third-order valence-corrected chi connectivity index (χ3v) is 5.78. The van der Waals surface area contributed by atoms with Gasteiger partial charge in [-0.1, -0.05) is 37.3 Å². The van der Waals surface area contributed by atoms with E-state index < -0.39 is 5.97 Å². The van der Waals surface area contributed by atoms with Crippen LogP contribution < -0.4 is 0 Å². The molecule has 0 aliphatic carbocycles. The van der Waals surface area contributed by atoms with E-state index in [1.165, 1.54) is 5.56 Å². The Labute approximate surface area is 159 Å². The standard InChI is InChI=1S/C22H25N3O2/c1-3-25-19-10-9-16(21(26)27)13-18(19)23-20(25)14-24-12-11-22(2,15-24)17-7-5-4-6-8-17/h4-10,13H,3,11-12,14-15H2,1-2H3,(H,26,27). The zero-order chi connectivity index (χ0) is 19.0. The van der Waals surface area contributed by atoms with Gasteiger partial charge in [0, 0.05) is 18.5 Å². The second-order valence-electron chi connectivity index (χ2n) is 7.67. The number of likely N-dealkylation sites (tertiary alicyclic amines) is 1. The van der Waals surface area contributed by atoms with Crippen LogP contribution in [0.1, 0.15) is 42.0 Å². The van der Waals surface area contributed by atoms with E-state index in [1.54, 1.807) is 12.1 Å². The number of carbonyl (C=O) groups is 1. The predicted molar refractivity (Wildman–Crippen MR) is 106 cm³/mol. The first-order chi connectivity index (χ1) is 13.0. The van der Waals surface area contributed by atoms with Gasteiger partial charge in [-0.05, 0) is 43.7 Å². The maximum Gasteiger partial charge on any atom is 0.335 e. The minimum absolute atomic E-state index is 0.167. The van der Waals surface area contributed by atoms with E-state index in [4.69, 9.17) is 4.98 Å². The fourth-order valence-corrected chi connectivity index (χ4v) is 4.25. The van der Waals surface area contributed by atoms with Crippen LogP contribution in [0.4, 0.5) is 0 Å². The summed E-state index contributed by atoms with van der Waals surface area (Å²) in [5, 5.41) is 9.23. The maximum atomic E-state index is 11.2. The van der Waals surface area contributed by atoms with Crippen molar-refractivity contribution in [3.05, 3.63) is 65.5 Å². The molecule has 1 N–H and O–H groups in total. The lowest BCUT2D eigenvalue weighted by Gasteiger charge is -2.25. The monoisotopic (exact) mass is 363 g/mol. The van der Waals surface area contributed by atoms with Gasteiger partial charge < -0.3 is 9.67 Å². The number of hydrogen-bond acceptors (Lipinski definition) is 3. The molecule has 4 rings (SSSR count). The van der Waals surface area contributed by atoms with Crippen LogP contribution in [-0.2, 0) is 18.5 Å². The van der Waals surface area contributed by atoms with E-state index >= 15 is 0 Å². The van der Waals surface area contributed by atoms with Crippen molar-refractivity contribution in [3.8, 4) is 0 Å². The molecule has 1 aliphatic heterocycles. The first kappa shape index (κ1) is 17.7. The highest BCUT2D eigenvalue weighted by Crippen LogP contribution is 2.34. The van der Waals surface area contributed by atoms with Crippen LogP contribution in [0.3, 0.4) is 0 Å². The molecule has 0 bridgehead atoms. The minimum atomic E-state index is -0.914. The smallest absolute Gasteiger partial charge is 0.335 e. The molecule has 2 heterocycles. The average Bonchev–Trinajstić information content (AvgIpc) is 3.22. The number of imidazole rings is 1. The maximum absolute atomic E-state index is 11.2. The second kappa shape index (κ2) is 6.82. The molecule has 140 valence electrons. The zero-order valence-corrected chi connectivity index (χ0v) is 15.9. The summed E-state index contributed by atoms with van der Waals surface area (Å²) in [4.78, 5) is 18.5. The molecular weight excluding hydrogens is 338 g/mol. The van der Waals surface area contributed by atoms with Gasteiger partial charge in [-0.3, -0.25) is 4.90 Å². The lowest BCUT2D eigenvalue weighted by Crippen LogP contribution is -2.28. The molecule has 0 spiro atoms. The normalized spacial score (nSPS) is 20.4. The van der Waals surface area contributed by atoms with Gasteiger partial charge >= 0.3 is 5.97 Å². The molecule has 1 fully saturated rings. The zero-order valence-electron chi connectivity index (χ0n) is 15.9. The third-order valence-electron chi connectivity index (χ3n) is 5.78. The van der Waals surface area contributed by atoms with Gasteiger partial charge in [0.15, 0.2) is 0 Å². The number of carboxylic acid groups (broad SMARTS) is 1. The Morgan fingerprint density at radius 2 is 2.00 bits per heavy atom. The molecule has 0 radical (unpaired) electrons. The van der Waals surface area contributed by atoms with Crippen LogP contribution in [0, 0.1) is 0 Å². The van der Waals surface area contributed by atoms with Crippen LogP contribution in [-0.4, -0.2) is 38.6 Å². The Morgan fingerprint density at radius 1 is 1.22 bits per heavy atom. The van der Waals surface area contributed by atoms with Crippen LogP contribution in [0.25, 0.3) is 11.0 Å². The second-order valence-corrected chi connectivity index (χ2v) is 7.67. The molecule has 5 heteroatoms. The Morgan fingerprint density at radius 3 is 2.70 bits per heavy atom. The van der Waals surface area contributed by atoms with Gasteiger partial charge in [0.25, 0.3) is 0 Å².